The van der Waals surface area contributed by atoms with Gasteiger partial charge in [0.1, 0.15) is 13.2 Å². The maximum atomic E-state index is 12.0. The van der Waals surface area contributed by atoms with Crippen molar-refractivity contribution in [1.82, 2.24) is 10.4 Å². The number of nitrogens with zero attached hydrogens (tertiary/aromatic N) is 1. The van der Waals surface area contributed by atoms with Crippen LogP contribution in [0.25, 0.3) is 11.1 Å². The van der Waals surface area contributed by atoms with Gasteiger partial charge in [0.15, 0.2) is 0 Å². The smallest absolute Gasteiger partial charge is 0.449 e. The average Bonchev–Trinajstić information content (AvgIpc) is 3.27. The van der Waals surface area contributed by atoms with Crippen molar-refractivity contribution in [3.8, 4) is 11.1 Å². The van der Waals surface area contributed by atoms with Gasteiger partial charge >= 0.3 is 12.2 Å². The Balaban J connectivity index is 1.21. The van der Waals surface area contributed by atoms with Crippen molar-refractivity contribution in [3.05, 3.63) is 59.7 Å². The number of carbonyl (C=O) groups excluding carboxylic acids is 4. The van der Waals surface area contributed by atoms with E-state index in [4.69, 9.17) is 9.47 Å². The van der Waals surface area contributed by atoms with Crippen molar-refractivity contribution in [1.29, 1.82) is 0 Å². The van der Waals surface area contributed by atoms with Gasteiger partial charge in [0.2, 0.25) is 0 Å². The summed E-state index contributed by atoms with van der Waals surface area (Å²) in [4.78, 5) is 50.9. The lowest BCUT2D eigenvalue weighted by atomic mass is 9.98. The molecule has 160 valence electrons. The van der Waals surface area contributed by atoms with E-state index >= 15 is 0 Å². The third kappa shape index (κ3) is 4.35. The van der Waals surface area contributed by atoms with E-state index in [1.165, 1.54) is 0 Å². The number of ether oxygens (including phenoxy) is 2. The molecule has 0 spiro atoms. The zero-order valence-electron chi connectivity index (χ0n) is 16.5. The fourth-order valence-electron chi connectivity index (χ4n) is 3.70. The monoisotopic (exact) mass is 424 g/mol. The summed E-state index contributed by atoms with van der Waals surface area (Å²) >= 11 is 0. The molecule has 1 N–H and O–H groups in total. The van der Waals surface area contributed by atoms with Crippen molar-refractivity contribution < 1.29 is 33.5 Å². The molecule has 2 aromatic rings. The summed E-state index contributed by atoms with van der Waals surface area (Å²) in [6.07, 6.45) is -1.85. The summed E-state index contributed by atoms with van der Waals surface area (Å²) in [6, 6.07) is 16.0. The summed E-state index contributed by atoms with van der Waals surface area (Å²) in [5, 5.41) is 2.87. The van der Waals surface area contributed by atoms with Crippen LogP contribution in [-0.2, 0) is 23.9 Å². The van der Waals surface area contributed by atoms with Gasteiger partial charge in [-0.2, -0.15) is 0 Å². The summed E-state index contributed by atoms with van der Waals surface area (Å²) in [5.74, 6) is -1.25. The van der Waals surface area contributed by atoms with Crippen molar-refractivity contribution >= 4 is 24.1 Å². The van der Waals surface area contributed by atoms with Crippen LogP contribution >= 0.6 is 0 Å². The van der Waals surface area contributed by atoms with Gasteiger partial charge in [-0.05, 0) is 22.3 Å². The Hall–Kier alpha value is -3.88. The number of alkyl carbamates (subject to hydrolysis) is 1. The lowest BCUT2D eigenvalue weighted by Gasteiger charge is -2.15. The summed E-state index contributed by atoms with van der Waals surface area (Å²) in [6.45, 7) is -0.0607. The topological polar surface area (TPSA) is 111 Å². The highest BCUT2D eigenvalue weighted by Gasteiger charge is 2.33. The number of nitrogens with one attached hydrogen (secondary N) is 1. The quantitative estimate of drug-likeness (QED) is 0.431. The third-order valence-electron chi connectivity index (χ3n) is 5.11. The molecule has 0 saturated carbocycles. The van der Waals surface area contributed by atoms with Crippen LogP contribution in [0, 0.1) is 0 Å². The van der Waals surface area contributed by atoms with E-state index in [1.54, 1.807) is 0 Å². The minimum absolute atomic E-state index is 0.00451. The largest absolute Gasteiger partial charge is 0.534 e. The Kier molecular flexibility index (Phi) is 5.83. The highest BCUT2D eigenvalue weighted by molar-refractivity contribution is 6.01. The third-order valence-corrected chi connectivity index (χ3v) is 5.11. The van der Waals surface area contributed by atoms with Gasteiger partial charge in [-0.1, -0.05) is 53.6 Å². The van der Waals surface area contributed by atoms with Crippen molar-refractivity contribution in [3.63, 3.8) is 0 Å². The Morgan fingerprint density at radius 1 is 0.903 bits per heavy atom. The Bertz CT molecular complexity index is 975. The standard InChI is InChI=1S/C22H20N2O7/c25-19-9-10-20(26)24(19)31-22(28)29-12-11-23-21(27)30-13-18-16-7-3-1-5-14(16)15-6-2-4-8-17(15)18/h1-8,18H,9-13H2,(H,23,27). The minimum Gasteiger partial charge on any atom is -0.449 e. The molecule has 1 saturated heterocycles. The van der Waals surface area contributed by atoms with E-state index in [0.29, 0.717) is 5.06 Å². The van der Waals surface area contributed by atoms with Crippen LogP contribution < -0.4 is 5.32 Å². The SMILES string of the molecule is O=C(NCCOC(=O)ON1C(=O)CCC1=O)OCC1c2ccccc2-c2ccccc21. The van der Waals surface area contributed by atoms with E-state index in [0.717, 1.165) is 22.3 Å². The first kappa shape index (κ1) is 20.4. The first-order chi connectivity index (χ1) is 15.0. The van der Waals surface area contributed by atoms with Crippen molar-refractivity contribution in [2.75, 3.05) is 19.8 Å². The molecular weight excluding hydrogens is 404 g/mol. The molecule has 0 aromatic heterocycles. The Morgan fingerprint density at radius 2 is 1.48 bits per heavy atom. The van der Waals surface area contributed by atoms with Gasteiger partial charge in [-0.15, -0.1) is 0 Å². The predicted octanol–water partition coefficient (Wildman–Crippen LogP) is 2.74. The number of hydrogen-bond donors (Lipinski definition) is 1. The molecule has 0 atom stereocenters. The molecule has 0 bridgehead atoms. The molecular formula is C22H20N2O7. The maximum absolute atomic E-state index is 12.0. The second-order valence-electron chi connectivity index (χ2n) is 7.02. The fourth-order valence-corrected chi connectivity index (χ4v) is 3.70. The molecule has 1 aliphatic carbocycles. The fraction of sp³-hybridized carbons (Fsp3) is 0.273. The summed E-state index contributed by atoms with van der Waals surface area (Å²) in [7, 11) is 0. The molecule has 3 amide bonds. The zero-order valence-corrected chi connectivity index (χ0v) is 16.5. The molecule has 2 aliphatic rings. The Morgan fingerprint density at radius 3 is 2.10 bits per heavy atom. The molecule has 31 heavy (non-hydrogen) atoms. The van der Waals surface area contributed by atoms with Crippen LogP contribution in [0.15, 0.2) is 48.5 Å². The lowest BCUT2D eigenvalue weighted by Crippen LogP contribution is -2.34. The second kappa shape index (κ2) is 8.86. The molecule has 1 heterocycles. The average molecular weight is 424 g/mol. The van der Waals surface area contributed by atoms with Crippen molar-refractivity contribution in [2.24, 2.45) is 0 Å². The number of rotatable bonds is 6. The van der Waals surface area contributed by atoms with Crippen LogP contribution in [-0.4, -0.2) is 48.9 Å². The van der Waals surface area contributed by atoms with Gasteiger partial charge in [-0.3, -0.25) is 14.4 Å². The normalized spacial score (nSPS) is 14.8. The lowest BCUT2D eigenvalue weighted by molar-refractivity contribution is -0.177. The molecule has 2 aromatic carbocycles. The zero-order chi connectivity index (χ0) is 21.8. The predicted molar refractivity (Wildman–Crippen MR) is 107 cm³/mol. The second-order valence-corrected chi connectivity index (χ2v) is 7.02. The van der Waals surface area contributed by atoms with Crippen molar-refractivity contribution in [2.45, 2.75) is 18.8 Å². The number of hydrogen-bond acceptors (Lipinski definition) is 7. The summed E-state index contributed by atoms with van der Waals surface area (Å²) < 4.78 is 10.1. The molecule has 1 aliphatic heterocycles. The van der Waals surface area contributed by atoms with E-state index in [-0.39, 0.29) is 38.5 Å². The summed E-state index contributed by atoms with van der Waals surface area (Å²) in [5.41, 5.74) is 4.48. The molecule has 9 heteroatoms. The van der Waals surface area contributed by atoms with Crippen LogP contribution in [0.3, 0.4) is 0 Å². The van der Waals surface area contributed by atoms with Crippen LogP contribution in [0.1, 0.15) is 29.9 Å². The van der Waals surface area contributed by atoms with E-state index in [9.17, 15) is 19.2 Å². The van der Waals surface area contributed by atoms with Gasteiger partial charge in [0.05, 0.1) is 6.54 Å². The van der Waals surface area contributed by atoms with E-state index in [2.05, 4.69) is 10.2 Å². The molecule has 9 nitrogen and oxygen atoms in total. The first-order valence-electron chi connectivity index (χ1n) is 9.84. The highest BCUT2D eigenvalue weighted by atomic mass is 16.8. The van der Waals surface area contributed by atoms with Gasteiger partial charge < -0.3 is 14.8 Å². The number of amides is 3. The highest BCUT2D eigenvalue weighted by Crippen LogP contribution is 2.44. The van der Waals surface area contributed by atoms with E-state index < -0.39 is 24.1 Å². The van der Waals surface area contributed by atoms with Gasteiger partial charge in [0.25, 0.3) is 11.8 Å². The van der Waals surface area contributed by atoms with Gasteiger partial charge in [-0.25, -0.2) is 9.59 Å². The molecule has 1 fully saturated rings. The molecule has 0 radical (unpaired) electrons. The van der Waals surface area contributed by atoms with E-state index in [1.807, 2.05) is 48.5 Å². The van der Waals surface area contributed by atoms with Crippen LogP contribution in [0.4, 0.5) is 9.59 Å². The number of hydroxylamine groups is 2. The number of benzene rings is 2. The van der Waals surface area contributed by atoms with Crippen LogP contribution in [0.5, 0.6) is 0 Å². The first-order valence-corrected chi connectivity index (χ1v) is 9.84. The number of imide groups is 1. The Labute approximate surface area is 177 Å². The number of carbonyl (C=O) groups is 4. The van der Waals surface area contributed by atoms with Gasteiger partial charge in [0, 0.05) is 18.8 Å². The molecule has 0 unspecified atom stereocenters. The maximum Gasteiger partial charge on any atom is 0.534 e. The number of fused-ring (bicyclic) bond motifs is 3. The molecule has 4 rings (SSSR count). The minimum atomic E-state index is -1.20. The van der Waals surface area contributed by atoms with Crippen LogP contribution in [0.2, 0.25) is 0 Å².